The van der Waals surface area contributed by atoms with E-state index in [1.54, 1.807) is 0 Å². The first-order chi connectivity index (χ1) is 6.97. The van der Waals surface area contributed by atoms with Crippen LogP contribution in [0.15, 0.2) is 44.4 Å². The first kappa shape index (κ1) is 9.88. The highest BCUT2D eigenvalue weighted by Gasteiger charge is 2.08. The molecule has 2 aromatic rings. The van der Waals surface area contributed by atoms with Crippen molar-refractivity contribution in [3.8, 4) is 0 Å². The van der Waals surface area contributed by atoms with Crippen LogP contribution in [0.5, 0.6) is 0 Å². The fraction of sp³-hybridized carbons (Fsp3) is 0. The van der Waals surface area contributed by atoms with Crippen LogP contribution < -0.4 is 10.8 Å². The third kappa shape index (κ3) is 1.90. The monoisotopic (exact) mass is 225 g/mol. The van der Waals surface area contributed by atoms with Crippen molar-refractivity contribution in [3.63, 3.8) is 0 Å². The van der Waals surface area contributed by atoms with Gasteiger partial charge < -0.3 is 4.42 Å². The van der Waals surface area contributed by atoms with E-state index in [2.05, 4.69) is 0 Å². The van der Waals surface area contributed by atoms with Gasteiger partial charge in [0.2, 0.25) is 10.0 Å². The Morgan fingerprint density at radius 2 is 1.87 bits per heavy atom. The molecule has 15 heavy (non-hydrogen) atoms. The maximum Gasteiger partial charge on any atom is 0.336 e. The summed E-state index contributed by atoms with van der Waals surface area (Å²) in [6.45, 7) is 0. The molecule has 0 aliphatic carbocycles. The minimum absolute atomic E-state index is 0.0103. The van der Waals surface area contributed by atoms with Gasteiger partial charge in [0, 0.05) is 11.5 Å². The molecule has 6 heteroatoms. The van der Waals surface area contributed by atoms with Gasteiger partial charge in [-0.15, -0.1) is 0 Å². The molecule has 1 heterocycles. The fourth-order valence-corrected chi connectivity index (χ4v) is 1.78. The van der Waals surface area contributed by atoms with Gasteiger partial charge in [-0.25, -0.2) is 18.4 Å². The highest BCUT2D eigenvalue weighted by Crippen LogP contribution is 2.16. The van der Waals surface area contributed by atoms with E-state index in [1.807, 2.05) is 0 Å². The van der Waals surface area contributed by atoms with Gasteiger partial charge >= 0.3 is 5.63 Å². The molecular formula is C9H7NO4S. The summed E-state index contributed by atoms with van der Waals surface area (Å²) in [6, 6.07) is 6.75. The Kier molecular flexibility index (Phi) is 2.09. The zero-order valence-electron chi connectivity index (χ0n) is 7.51. The Hall–Kier alpha value is -1.66. The van der Waals surface area contributed by atoms with Gasteiger partial charge in [0.1, 0.15) is 5.58 Å². The maximum atomic E-state index is 11.0. The van der Waals surface area contributed by atoms with Crippen molar-refractivity contribution in [3.05, 3.63) is 40.8 Å². The Labute approximate surface area is 85.2 Å². The van der Waals surface area contributed by atoms with E-state index in [4.69, 9.17) is 9.56 Å². The first-order valence-corrected chi connectivity index (χ1v) is 5.58. The van der Waals surface area contributed by atoms with E-state index in [0.29, 0.717) is 11.0 Å². The summed E-state index contributed by atoms with van der Waals surface area (Å²) in [5.41, 5.74) is -0.152. The van der Waals surface area contributed by atoms with Crippen molar-refractivity contribution in [1.82, 2.24) is 0 Å². The number of sulfonamides is 1. The number of primary sulfonamides is 1. The van der Waals surface area contributed by atoms with Gasteiger partial charge in [-0.05, 0) is 24.3 Å². The second kappa shape index (κ2) is 3.18. The second-order valence-electron chi connectivity index (χ2n) is 3.00. The lowest BCUT2D eigenvalue weighted by molar-refractivity contribution is 0.560. The summed E-state index contributed by atoms with van der Waals surface area (Å²) < 4.78 is 26.9. The molecule has 78 valence electrons. The lowest BCUT2D eigenvalue weighted by Gasteiger charge is -1.99. The van der Waals surface area contributed by atoms with Crippen molar-refractivity contribution in [1.29, 1.82) is 0 Å². The summed E-state index contributed by atoms with van der Waals surface area (Å²) in [5, 5.41) is 5.47. The van der Waals surface area contributed by atoms with Gasteiger partial charge in [0.25, 0.3) is 0 Å². The van der Waals surface area contributed by atoms with Gasteiger partial charge in [-0.2, -0.15) is 0 Å². The Bertz CT molecular complexity index is 672. The van der Waals surface area contributed by atoms with Gasteiger partial charge in [-0.3, -0.25) is 0 Å². The van der Waals surface area contributed by atoms with E-state index in [0.717, 1.165) is 0 Å². The number of nitrogens with two attached hydrogens (primary N) is 1. The summed E-state index contributed by atoms with van der Waals surface area (Å²) in [5.74, 6) is 0. The van der Waals surface area contributed by atoms with Gasteiger partial charge in [-0.1, -0.05) is 0 Å². The quantitative estimate of drug-likeness (QED) is 0.713. The molecular weight excluding hydrogens is 218 g/mol. The van der Waals surface area contributed by atoms with Crippen LogP contribution in [0, 0.1) is 0 Å². The molecule has 5 nitrogen and oxygen atoms in total. The van der Waals surface area contributed by atoms with Crippen LogP contribution in [-0.4, -0.2) is 8.42 Å². The topological polar surface area (TPSA) is 90.4 Å². The van der Waals surface area contributed by atoms with Crippen molar-refractivity contribution in [2.45, 2.75) is 4.90 Å². The van der Waals surface area contributed by atoms with Gasteiger partial charge in [0.15, 0.2) is 0 Å². The molecule has 0 radical (unpaired) electrons. The molecule has 0 atom stereocenters. The van der Waals surface area contributed by atoms with Crippen molar-refractivity contribution < 1.29 is 12.8 Å². The molecule has 0 bridgehead atoms. The average Bonchev–Trinajstić information content (AvgIpc) is 2.15. The maximum absolute atomic E-state index is 11.0. The van der Waals surface area contributed by atoms with E-state index >= 15 is 0 Å². The number of hydrogen-bond acceptors (Lipinski definition) is 4. The molecule has 0 saturated heterocycles. The SMILES string of the molecule is NS(=O)(=O)c1ccc2oc(=O)ccc2c1. The molecule has 0 aliphatic heterocycles. The van der Waals surface area contributed by atoms with Crippen LogP contribution in [0.3, 0.4) is 0 Å². The Morgan fingerprint density at radius 1 is 1.13 bits per heavy atom. The highest BCUT2D eigenvalue weighted by molar-refractivity contribution is 7.89. The van der Waals surface area contributed by atoms with Gasteiger partial charge in [0.05, 0.1) is 4.90 Å². The van der Waals surface area contributed by atoms with Crippen molar-refractivity contribution in [2.24, 2.45) is 5.14 Å². The smallest absolute Gasteiger partial charge is 0.336 e. The highest BCUT2D eigenvalue weighted by atomic mass is 32.2. The van der Waals surface area contributed by atoms with Crippen molar-refractivity contribution in [2.75, 3.05) is 0 Å². The average molecular weight is 225 g/mol. The summed E-state index contributed by atoms with van der Waals surface area (Å²) in [7, 11) is -3.72. The minimum Gasteiger partial charge on any atom is -0.423 e. The fourth-order valence-electron chi connectivity index (χ4n) is 1.23. The Balaban J connectivity index is 2.78. The van der Waals surface area contributed by atoms with Crippen LogP contribution >= 0.6 is 0 Å². The largest absolute Gasteiger partial charge is 0.423 e. The summed E-state index contributed by atoms with van der Waals surface area (Å²) >= 11 is 0. The summed E-state index contributed by atoms with van der Waals surface area (Å²) in [4.78, 5) is 10.8. The van der Waals surface area contributed by atoms with Crippen LogP contribution in [0.4, 0.5) is 0 Å². The van der Waals surface area contributed by atoms with Crippen LogP contribution in [0.2, 0.25) is 0 Å². The molecule has 1 aromatic carbocycles. The zero-order valence-corrected chi connectivity index (χ0v) is 8.32. The number of fused-ring (bicyclic) bond motifs is 1. The molecule has 0 spiro atoms. The predicted octanol–water partition coefficient (Wildman–Crippen LogP) is 0.440. The number of rotatable bonds is 1. The summed E-state index contributed by atoms with van der Waals surface area (Å²) in [6.07, 6.45) is 0. The molecule has 0 unspecified atom stereocenters. The second-order valence-corrected chi connectivity index (χ2v) is 4.56. The van der Waals surface area contributed by atoms with Crippen LogP contribution in [-0.2, 0) is 10.0 Å². The minimum atomic E-state index is -3.72. The van der Waals surface area contributed by atoms with E-state index in [1.165, 1.54) is 30.3 Å². The van der Waals surface area contributed by atoms with Crippen LogP contribution in [0.25, 0.3) is 11.0 Å². The molecule has 0 fully saturated rings. The van der Waals surface area contributed by atoms with E-state index < -0.39 is 15.6 Å². The third-order valence-electron chi connectivity index (χ3n) is 1.92. The first-order valence-electron chi connectivity index (χ1n) is 4.03. The van der Waals surface area contributed by atoms with Crippen molar-refractivity contribution >= 4 is 21.0 Å². The lowest BCUT2D eigenvalue weighted by atomic mass is 10.2. The zero-order chi connectivity index (χ0) is 11.1. The Morgan fingerprint density at radius 3 is 2.53 bits per heavy atom. The molecule has 2 rings (SSSR count). The molecule has 0 saturated carbocycles. The number of hydrogen-bond donors (Lipinski definition) is 1. The lowest BCUT2D eigenvalue weighted by Crippen LogP contribution is -2.11. The van der Waals surface area contributed by atoms with Crippen LogP contribution in [0.1, 0.15) is 0 Å². The normalized spacial score (nSPS) is 11.8. The molecule has 0 amide bonds. The predicted molar refractivity (Wildman–Crippen MR) is 53.9 cm³/mol. The van der Waals surface area contributed by atoms with E-state index in [9.17, 15) is 13.2 Å². The molecule has 0 aliphatic rings. The standard InChI is InChI=1S/C9H7NO4S/c10-15(12,13)7-2-3-8-6(5-7)1-4-9(11)14-8/h1-5H,(H2,10,12,13). The number of benzene rings is 1. The molecule has 2 N–H and O–H groups in total. The molecule has 1 aromatic heterocycles. The third-order valence-corrected chi connectivity index (χ3v) is 2.83. The van der Waals surface area contributed by atoms with E-state index in [-0.39, 0.29) is 4.90 Å².